The van der Waals surface area contributed by atoms with Crippen LogP contribution in [0.4, 0.5) is 0 Å². The Morgan fingerprint density at radius 3 is 2.58 bits per heavy atom. The predicted octanol–water partition coefficient (Wildman–Crippen LogP) is 3.14. The van der Waals surface area contributed by atoms with Gasteiger partial charge in [-0.25, -0.2) is 8.42 Å². The predicted molar refractivity (Wildman–Crippen MR) is 95.1 cm³/mol. The molecule has 24 heavy (non-hydrogen) atoms. The van der Waals surface area contributed by atoms with Gasteiger partial charge in [-0.2, -0.15) is 4.31 Å². The van der Waals surface area contributed by atoms with Crippen LogP contribution in [0.15, 0.2) is 17.0 Å². The summed E-state index contributed by atoms with van der Waals surface area (Å²) >= 11 is 0. The molecule has 1 unspecified atom stereocenters. The normalized spacial score (nSPS) is 19.4. The lowest BCUT2D eigenvalue weighted by Gasteiger charge is -2.32. The largest absolute Gasteiger partial charge is 0.494 e. The molecule has 0 saturated carbocycles. The SMILES string of the molecule is CCOCC1CCCN(S(=O)(=O)c2cc(C)c(OCC)cc2C)C1. The number of ether oxygens (including phenoxy) is 2. The fourth-order valence-corrected chi connectivity index (χ4v) is 5.00. The molecular weight excluding hydrogens is 326 g/mol. The quantitative estimate of drug-likeness (QED) is 0.754. The molecule has 136 valence electrons. The molecule has 0 aromatic heterocycles. The van der Waals surface area contributed by atoms with Gasteiger partial charge in [0.1, 0.15) is 5.75 Å². The highest BCUT2D eigenvalue weighted by Crippen LogP contribution is 2.30. The Morgan fingerprint density at radius 2 is 1.92 bits per heavy atom. The van der Waals surface area contributed by atoms with Gasteiger partial charge in [-0.05, 0) is 69.7 Å². The monoisotopic (exact) mass is 355 g/mol. The van der Waals surface area contributed by atoms with E-state index in [4.69, 9.17) is 9.47 Å². The summed E-state index contributed by atoms with van der Waals surface area (Å²) in [5.74, 6) is 1.03. The van der Waals surface area contributed by atoms with Crippen LogP contribution in [0.1, 0.15) is 37.8 Å². The fraction of sp³-hybridized carbons (Fsp3) is 0.667. The molecule has 1 heterocycles. The van der Waals surface area contributed by atoms with Crippen molar-refractivity contribution in [2.24, 2.45) is 5.92 Å². The van der Waals surface area contributed by atoms with E-state index in [2.05, 4.69) is 0 Å². The third-order valence-electron chi connectivity index (χ3n) is 4.43. The number of nitrogens with zero attached hydrogens (tertiary/aromatic N) is 1. The van der Waals surface area contributed by atoms with Gasteiger partial charge in [-0.15, -0.1) is 0 Å². The van der Waals surface area contributed by atoms with Crippen molar-refractivity contribution in [2.45, 2.75) is 45.4 Å². The number of hydrogen-bond acceptors (Lipinski definition) is 4. The highest BCUT2D eigenvalue weighted by Gasteiger charge is 2.31. The summed E-state index contributed by atoms with van der Waals surface area (Å²) in [6.07, 6.45) is 1.90. The Kier molecular flexibility index (Phi) is 6.66. The number of benzene rings is 1. The third-order valence-corrected chi connectivity index (χ3v) is 6.44. The van der Waals surface area contributed by atoms with E-state index in [9.17, 15) is 8.42 Å². The lowest BCUT2D eigenvalue weighted by atomic mass is 10.0. The number of sulfonamides is 1. The molecule has 1 aliphatic heterocycles. The maximum atomic E-state index is 13.1. The average Bonchev–Trinajstić information content (AvgIpc) is 2.56. The van der Waals surface area contributed by atoms with Crippen LogP contribution in [0.25, 0.3) is 0 Å². The standard InChI is InChI=1S/C18H29NO4S/c1-5-22-13-16-8-7-9-19(12-16)24(20,21)18-11-14(3)17(23-6-2)10-15(18)4/h10-11,16H,5-9,12-13H2,1-4H3. The Bertz CT molecular complexity index is 657. The van der Waals surface area contributed by atoms with Crippen LogP contribution in [0.3, 0.4) is 0 Å². The van der Waals surface area contributed by atoms with Gasteiger partial charge in [0.2, 0.25) is 10.0 Å². The summed E-state index contributed by atoms with van der Waals surface area (Å²) < 4.78 is 38.9. The molecule has 1 saturated heterocycles. The zero-order chi connectivity index (χ0) is 17.7. The molecule has 0 aliphatic carbocycles. The zero-order valence-electron chi connectivity index (χ0n) is 15.2. The van der Waals surface area contributed by atoms with Crippen LogP contribution in [0.2, 0.25) is 0 Å². The maximum Gasteiger partial charge on any atom is 0.243 e. The van der Waals surface area contributed by atoms with E-state index in [-0.39, 0.29) is 5.92 Å². The zero-order valence-corrected chi connectivity index (χ0v) is 16.0. The first-order valence-electron chi connectivity index (χ1n) is 8.72. The minimum absolute atomic E-state index is 0.276. The molecule has 6 heteroatoms. The van der Waals surface area contributed by atoms with Gasteiger partial charge in [0.05, 0.1) is 18.1 Å². The summed E-state index contributed by atoms with van der Waals surface area (Å²) in [6, 6.07) is 3.56. The highest BCUT2D eigenvalue weighted by atomic mass is 32.2. The Balaban J connectivity index is 2.25. The molecule has 0 spiro atoms. The molecule has 2 rings (SSSR count). The van der Waals surface area contributed by atoms with Crippen molar-refractivity contribution in [3.63, 3.8) is 0 Å². The van der Waals surface area contributed by atoms with Gasteiger partial charge in [-0.3, -0.25) is 0 Å². The average molecular weight is 356 g/mol. The van der Waals surface area contributed by atoms with Crippen LogP contribution in [-0.2, 0) is 14.8 Å². The summed E-state index contributed by atoms with van der Waals surface area (Å²) in [6.45, 7) is 10.6. The van der Waals surface area contributed by atoms with Crippen LogP contribution >= 0.6 is 0 Å². The van der Waals surface area contributed by atoms with Crippen LogP contribution < -0.4 is 4.74 Å². The van der Waals surface area contributed by atoms with Crippen molar-refractivity contribution >= 4 is 10.0 Å². The van der Waals surface area contributed by atoms with Crippen molar-refractivity contribution < 1.29 is 17.9 Å². The minimum Gasteiger partial charge on any atom is -0.494 e. The Hall–Kier alpha value is -1.11. The molecule has 1 aromatic carbocycles. The summed E-state index contributed by atoms with van der Waals surface area (Å²) in [4.78, 5) is 0.389. The lowest BCUT2D eigenvalue weighted by molar-refractivity contribution is 0.0864. The first-order valence-corrected chi connectivity index (χ1v) is 10.2. The van der Waals surface area contributed by atoms with Gasteiger partial charge in [0.15, 0.2) is 0 Å². The minimum atomic E-state index is -3.48. The van der Waals surface area contributed by atoms with E-state index in [0.717, 1.165) is 29.7 Å². The van der Waals surface area contributed by atoms with E-state index in [1.165, 1.54) is 0 Å². The molecule has 5 nitrogen and oxygen atoms in total. The van der Waals surface area contributed by atoms with E-state index in [1.807, 2.05) is 33.8 Å². The lowest BCUT2D eigenvalue weighted by Crippen LogP contribution is -2.41. The first kappa shape index (κ1) is 19.2. The van der Waals surface area contributed by atoms with Gasteiger partial charge < -0.3 is 9.47 Å². The molecule has 0 bridgehead atoms. The molecule has 1 aliphatic rings. The molecule has 0 N–H and O–H groups in total. The van der Waals surface area contributed by atoms with Crippen molar-refractivity contribution in [1.82, 2.24) is 4.31 Å². The number of piperidine rings is 1. The number of hydrogen-bond donors (Lipinski definition) is 0. The summed E-state index contributed by atoms with van der Waals surface area (Å²) in [7, 11) is -3.48. The van der Waals surface area contributed by atoms with Gasteiger partial charge in [-0.1, -0.05) is 0 Å². The van der Waals surface area contributed by atoms with E-state index < -0.39 is 10.0 Å². The molecule has 0 amide bonds. The Morgan fingerprint density at radius 1 is 1.17 bits per heavy atom. The maximum absolute atomic E-state index is 13.1. The molecule has 1 aromatic rings. The van der Waals surface area contributed by atoms with Gasteiger partial charge >= 0.3 is 0 Å². The molecular formula is C18H29NO4S. The third kappa shape index (κ3) is 4.29. The second kappa shape index (κ2) is 8.32. The van der Waals surface area contributed by atoms with Crippen LogP contribution in [0, 0.1) is 19.8 Å². The highest BCUT2D eigenvalue weighted by molar-refractivity contribution is 7.89. The number of aryl methyl sites for hydroxylation is 2. The summed E-state index contributed by atoms with van der Waals surface area (Å²) in [5, 5.41) is 0. The smallest absolute Gasteiger partial charge is 0.243 e. The molecule has 1 atom stereocenters. The van der Waals surface area contributed by atoms with E-state index in [0.29, 0.717) is 37.8 Å². The molecule has 0 radical (unpaired) electrons. The van der Waals surface area contributed by atoms with Crippen molar-refractivity contribution in [3.8, 4) is 5.75 Å². The van der Waals surface area contributed by atoms with Crippen molar-refractivity contribution in [3.05, 3.63) is 23.3 Å². The fourth-order valence-electron chi connectivity index (χ4n) is 3.16. The van der Waals surface area contributed by atoms with Crippen molar-refractivity contribution in [2.75, 3.05) is 32.9 Å². The second-order valence-electron chi connectivity index (χ2n) is 6.35. The Labute approximate surface area is 146 Å². The van der Waals surface area contributed by atoms with Gasteiger partial charge in [0.25, 0.3) is 0 Å². The summed E-state index contributed by atoms with van der Waals surface area (Å²) in [5.41, 5.74) is 1.58. The van der Waals surface area contributed by atoms with Crippen LogP contribution in [0.5, 0.6) is 5.75 Å². The second-order valence-corrected chi connectivity index (χ2v) is 8.25. The van der Waals surface area contributed by atoms with Gasteiger partial charge in [0, 0.05) is 19.7 Å². The van der Waals surface area contributed by atoms with Crippen LogP contribution in [-0.4, -0.2) is 45.6 Å². The van der Waals surface area contributed by atoms with E-state index >= 15 is 0 Å². The first-order chi connectivity index (χ1) is 11.4. The number of rotatable bonds is 7. The van der Waals surface area contributed by atoms with Crippen molar-refractivity contribution in [1.29, 1.82) is 0 Å². The topological polar surface area (TPSA) is 55.8 Å². The molecule has 1 fully saturated rings. The van der Waals surface area contributed by atoms with E-state index in [1.54, 1.807) is 10.4 Å².